The van der Waals surface area contributed by atoms with Gasteiger partial charge in [0.15, 0.2) is 5.96 Å². The smallest absolute Gasteiger partial charge is 0.198 e. The standard InChI is InChI=1S/C14H23N4OP/c1-14(2)17-13(15-10-18(14)3)16-11-6-8-12(9-7-11)20(4,5)19/h6-9H,10H2,1-5H3,(H2,15,16,17). The van der Waals surface area contributed by atoms with Crippen LogP contribution in [0, 0.1) is 0 Å². The second-order valence-electron chi connectivity index (χ2n) is 6.05. The van der Waals surface area contributed by atoms with Gasteiger partial charge in [-0.3, -0.25) is 4.90 Å². The Bertz CT molecular complexity index is 559. The van der Waals surface area contributed by atoms with Gasteiger partial charge in [-0.1, -0.05) is 0 Å². The monoisotopic (exact) mass is 294 g/mol. The minimum absolute atomic E-state index is 0.132. The molecule has 0 bridgehead atoms. The quantitative estimate of drug-likeness (QED) is 0.818. The molecule has 0 aliphatic carbocycles. The first kappa shape index (κ1) is 15.1. The molecule has 1 aliphatic rings. The molecule has 2 N–H and O–H groups in total. The highest BCUT2D eigenvalue weighted by Crippen LogP contribution is 2.34. The molecule has 110 valence electrons. The summed E-state index contributed by atoms with van der Waals surface area (Å²) in [5.41, 5.74) is 0.806. The summed E-state index contributed by atoms with van der Waals surface area (Å²) in [6.07, 6.45) is 0. The van der Waals surface area contributed by atoms with Crippen LogP contribution in [-0.4, -0.2) is 43.6 Å². The maximum atomic E-state index is 12.0. The van der Waals surface area contributed by atoms with E-state index in [0.717, 1.165) is 17.0 Å². The summed E-state index contributed by atoms with van der Waals surface area (Å²) in [6, 6.07) is 7.68. The molecule has 0 spiro atoms. The average molecular weight is 294 g/mol. The SMILES string of the molecule is CN1CN=C(Nc2ccc(P(C)(C)=O)cc2)NC1(C)C. The molecule has 20 heavy (non-hydrogen) atoms. The molecule has 6 heteroatoms. The first-order chi connectivity index (χ1) is 9.18. The number of anilines is 1. The zero-order chi connectivity index (χ0) is 15.0. The lowest BCUT2D eigenvalue weighted by Crippen LogP contribution is -2.59. The highest BCUT2D eigenvalue weighted by Gasteiger charge is 2.27. The average Bonchev–Trinajstić information content (AvgIpc) is 2.33. The van der Waals surface area contributed by atoms with Crippen molar-refractivity contribution >= 4 is 24.1 Å². The molecular weight excluding hydrogens is 271 g/mol. The molecule has 1 aliphatic heterocycles. The van der Waals surface area contributed by atoms with Crippen LogP contribution in [-0.2, 0) is 4.57 Å². The van der Waals surface area contributed by atoms with Gasteiger partial charge < -0.3 is 15.2 Å². The normalized spacial score (nSPS) is 19.1. The second kappa shape index (κ2) is 5.23. The minimum Gasteiger partial charge on any atom is -0.338 e. The first-order valence-corrected chi connectivity index (χ1v) is 9.25. The van der Waals surface area contributed by atoms with Crippen molar-refractivity contribution in [3.05, 3.63) is 24.3 Å². The van der Waals surface area contributed by atoms with Crippen LogP contribution in [0.5, 0.6) is 0 Å². The van der Waals surface area contributed by atoms with E-state index >= 15 is 0 Å². The van der Waals surface area contributed by atoms with Gasteiger partial charge in [0.2, 0.25) is 0 Å². The summed E-state index contributed by atoms with van der Waals surface area (Å²) in [5.74, 6) is 0.761. The van der Waals surface area contributed by atoms with Crippen LogP contribution in [0.25, 0.3) is 0 Å². The van der Waals surface area contributed by atoms with Gasteiger partial charge in [0.05, 0.1) is 12.3 Å². The number of benzene rings is 1. The van der Waals surface area contributed by atoms with Crippen LogP contribution < -0.4 is 15.9 Å². The third-order valence-corrected chi connectivity index (χ3v) is 5.11. The molecule has 0 fully saturated rings. The molecule has 1 aromatic carbocycles. The van der Waals surface area contributed by atoms with E-state index in [1.807, 2.05) is 31.3 Å². The number of hydrogen-bond acceptors (Lipinski definition) is 5. The molecule has 0 amide bonds. The number of nitrogens with one attached hydrogen (secondary N) is 2. The van der Waals surface area contributed by atoms with Crippen molar-refractivity contribution in [3.8, 4) is 0 Å². The van der Waals surface area contributed by atoms with Crippen molar-refractivity contribution in [2.24, 2.45) is 4.99 Å². The van der Waals surface area contributed by atoms with Crippen molar-refractivity contribution < 1.29 is 4.57 Å². The lowest BCUT2D eigenvalue weighted by molar-refractivity contribution is 0.133. The summed E-state index contributed by atoms with van der Waals surface area (Å²) >= 11 is 0. The topological polar surface area (TPSA) is 56.7 Å². The van der Waals surface area contributed by atoms with Crippen molar-refractivity contribution in [2.45, 2.75) is 19.5 Å². The molecule has 0 aromatic heterocycles. The Kier molecular flexibility index (Phi) is 3.94. The van der Waals surface area contributed by atoms with Crippen molar-refractivity contribution in [2.75, 3.05) is 32.4 Å². The van der Waals surface area contributed by atoms with Crippen LogP contribution >= 0.6 is 7.14 Å². The van der Waals surface area contributed by atoms with Crippen molar-refractivity contribution in [1.29, 1.82) is 0 Å². The summed E-state index contributed by atoms with van der Waals surface area (Å²) < 4.78 is 12.0. The Morgan fingerprint density at radius 2 is 1.90 bits per heavy atom. The van der Waals surface area contributed by atoms with Gasteiger partial charge >= 0.3 is 0 Å². The van der Waals surface area contributed by atoms with Crippen molar-refractivity contribution in [3.63, 3.8) is 0 Å². The zero-order valence-electron chi connectivity index (χ0n) is 12.8. The fraction of sp³-hybridized carbons (Fsp3) is 0.500. The van der Waals surface area contributed by atoms with Crippen LogP contribution in [0.15, 0.2) is 29.3 Å². The number of aliphatic imine (C=N–C) groups is 1. The van der Waals surface area contributed by atoms with E-state index in [-0.39, 0.29) is 5.66 Å². The summed E-state index contributed by atoms with van der Waals surface area (Å²) in [7, 11) is -0.160. The van der Waals surface area contributed by atoms with Gasteiger partial charge in [0.25, 0.3) is 0 Å². The molecule has 0 saturated carbocycles. The van der Waals surface area contributed by atoms with Crippen LogP contribution in [0.1, 0.15) is 13.8 Å². The van der Waals surface area contributed by atoms with Gasteiger partial charge in [-0.25, -0.2) is 4.99 Å². The fourth-order valence-electron chi connectivity index (χ4n) is 1.89. The lowest BCUT2D eigenvalue weighted by Gasteiger charge is -2.40. The van der Waals surface area contributed by atoms with E-state index in [1.165, 1.54) is 0 Å². The van der Waals surface area contributed by atoms with E-state index in [9.17, 15) is 4.57 Å². The Balaban J connectivity index is 2.10. The predicted octanol–water partition coefficient (Wildman–Crippen LogP) is 1.93. The fourth-order valence-corrected chi connectivity index (χ4v) is 2.76. The Hall–Kier alpha value is -1.32. The van der Waals surface area contributed by atoms with E-state index in [0.29, 0.717) is 6.67 Å². The van der Waals surface area contributed by atoms with Gasteiger partial charge in [-0.15, -0.1) is 0 Å². The molecule has 5 nitrogen and oxygen atoms in total. The number of hydrogen-bond donors (Lipinski definition) is 2. The molecule has 0 radical (unpaired) electrons. The molecule has 1 aromatic rings. The van der Waals surface area contributed by atoms with Crippen LogP contribution in [0.3, 0.4) is 0 Å². The molecule has 0 saturated heterocycles. The Morgan fingerprint density at radius 1 is 1.30 bits per heavy atom. The highest BCUT2D eigenvalue weighted by atomic mass is 31.2. The number of guanidine groups is 1. The van der Waals surface area contributed by atoms with Crippen LogP contribution in [0.2, 0.25) is 0 Å². The van der Waals surface area contributed by atoms with Gasteiger partial charge in [0.1, 0.15) is 7.14 Å². The second-order valence-corrected chi connectivity index (χ2v) is 9.27. The third kappa shape index (κ3) is 3.41. The highest BCUT2D eigenvalue weighted by molar-refractivity contribution is 7.70. The van der Waals surface area contributed by atoms with Gasteiger partial charge in [-0.05, 0) is 58.5 Å². The van der Waals surface area contributed by atoms with Crippen molar-refractivity contribution in [1.82, 2.24) is 10.2 Å². The Morgan fingerprint density at radius 3 is 2.40 bits per heavy atom. The largest absolute Gasteiger partial charge is 0.338 e. The predicted molar refractivity (Wildman–Crippen MR) is 86.4 cm³/mol. The third-order valence-electron chi connectivity index (χ3n) is 3.57. The van der Waals surface area contributed by atoms with E-state index in [4.69, 9.17) is 0 Å². The summed E-state index contributed by atoms with van der Waals surface area (Å²) in [6.45, 7) is 8.43. The molecule has 0 atom stereocenters. The van der Waals surface area contributed by atoms with E-state index in [2.05, 4.69) is 34.4 Å². The maximum Gasteiger partial charge on any atom is 0.198 e. The first-order valence-electron chi connectivity index (χ1n) is 6.65. The minimum atomic E-state index is -2.19. The number of nitrogens with zero attached hydrogens (tertiary/aromatic N) is 2. The van der Waals surface area contributed by atoms with E-state index in [1.54, 1.807) is 13.3 Å². The molecule has 0 unspecified atom stereocenters. The number of rotatable bonds is 2. The van der Waals surface area contributed by atoms with Gasteiger partial charge in [0, 0.05) is 11.0 Å². The molecule has 1 heterocycles. The maximum absolute atomic E-state index is 12.0. The molecular formula is C14H23N4OP. The summed E-state index contributed by atoms with van der Waals surface area (Å²) in [4.78, 5) is 6.57. The van der Waals surface area contributed by atoms with E-state index < -0.39 is 7.14 Å². The lowest BCUT2D eigenvalue weighted by atomic mass is 10.2. The zero-order valence-corrected chi connectivity index (χ0v) is 13.7. The molecule has 2 rings (SSSR count). The summed E-state index contributed by atoms with van der Waals surface area (Å²) in [5, 5.41) is 7.49. The van der Waals surface area contributed by atoms with Gasteiger partial charge in [-0.2, -0.15) is 0 Å². The Labute approximate surface area is 120 Å². The van der Waals surface area contributed by atoms with Crippen LogP contribution in [0.4, 0.5) is 5.69 Å².